The summed E-state index contributed by atoms with van der Waals surface area (Å²) in [7, 11) is 1.44. The number of hydrogen-bond donors (Lipinski definition) is 1. The van der Waals surface area contributed by atoms with E-state index in [1.54, 1.807) is 12.1 Å². The van der Waals surface area contributed by atoms with Gasteiger partial charge in [-0.25, -0.2) is 4.99 Å². The van der Waals surface area contributed by atoms with Gasteiger partial charge in [-0.05, 0) is 12.1 Å². The van der Waals surface area contributed by atoms with E-state index >= 15 is 0 Å². The Morgan fingerprint density at radius 1 is 1.26 bits per heavy atom. The molecule has 0 bridgehead atoms. The number of benzene rings is 2. The number of rotatable bonds is 3. The summed E-state index contributed by atoms with van der Waals surface area (Å²) < 4.78 is 5.06. The van der Waals surface area contributed by atoms with Crippen LogP contribution in [-0.4, -0.2) is 23.2 Å². The van der Waals surface area contributed by atoms with Crippen LogP contribution in [-0.2, 0) is 4.79 Å². The average molecular weight is 346 g/mol. The summed E-state index contributed by atoms with van der Waals surface area (Å²) in [5, 5.41) is 11.2. The lowest BCUT2D eigenvalue weighted by Gasteiger charge is -2.07. The highest BCUT2D eigenvalue weighted by atomic mass is 35.5. The van der Waals surface area contributed by atoms with Crippen LogP contribution in [0.3, 0.4) is 0 Å². The van der Waals surface area contributed by atoms with Gasteiger partial charge in [0.15, 0.2) is 11.5 Å². The minimum absolute atomic E-state index is 0.0639. The zero-order valence-electron chi connectivity index (χ0n) is 12.1. The second kappa shape index (κ2) is 6.48. The highest BCUT2D eigenvalue weighted by Crippen LogP contribution is 2.38. The van der Waals surface area contributed by atoms with Crippen LogP contribution in [0.2, 0.25) is 5.02 Å². The zero-order chi connectivity index (χ0) is 16.4. The lowest BCUT2D eigenvalue weighted by atomic mass is 10.1. The van der Waals surface area contributed by atoms with Crippen LogP contribution in [0.4, 0.5) is 0 Å². The normalized spacial score (nSPS) is 15.8. The molecule has 0 fully saturated rings. The highest BCUT2D eigenvalue weighted by molar-refractivity contribution is 8.19. The number of thioether (sulfide) groups is 1. The summed E-state index contributed by atoms with van der Waals surface area (Å²) in [5.74, 6) is -0.151. The molecule has 1 N–H and O–H groups in total. The molecular formula is C17H12ClNO3S. The number of phenolic OH excluding ortho intramolecular Hbond substituents is 1. The molecule has 0 unspecified atom stereocenters. The van der Waals surface area contributed by atoms with Gasteiger partial charge < -0.3 is 9.84 Å². The lowest BCUT2D eigenvalue weighted by molar-refractivity contribution is -0.113. The molecule has 0 radical (unpaired) electrons. The summed E-state index contributed by atoms with van der Waals surface area (Å²) in [5.41, 5.74) is 1.29. The Labute approximate surface area is 142 Å². The first kappa shape index (κ1) is 15.6. The fraction of sp³-hybridized carbons (Fsp3) is 0.0588. The molecule has 0 saturated carbocycles. The number of nitrogens with zero attached hydrogens (tertiary/aromatic N) is 1. The molecule has 0 spiro atoms. The number of amides is 1. The van der Waals surface area contributed by atoms with E-state index in [-0.39, 0.29) is 17.4 Å². The molecule has 2 aromatic carbocycles. The van der Waals surface area contributed by atoms with Crippen LogP contribution in [0.1, 0.15) is 11.1 Å². The fourth-order valence-electron chi connectivity index (χ4n) is 2.11. The first-order valence-electron chi connectivity index (χ1n) is 6.73. The molecule has 2 aromatic rings. The molecule has 6 heteroatoms. The molecule has 1 amide bonds. The van der Waals surface area contributed by atoms with E-state index in [9.17, 15) is 9.90 Å². The van der Waals surface area contributed by atoms with Crippen molar-refractivity contribution in [2.24, 2.45) is 4.99 Å². The van der Waals surface area contributed by atoms with Crippen molar-refractivity contribution in [1.82, 2.24) is 0 Å². The number of ether oxygens (including phenoxy) is 1. The van der Waals surface area contributed by atoms with Gasteiger partial charge in [-0.3, -0.25) is 4.79 Å². The fourth-order valence-corrected chi connectivity index (χ4v) is 3.24. The summed E-state index contributed by atoms with van der Waals surface area (Å²) >= 11 is 7.27. The minimum atomic E-state index is -0.341. The number of halogens is 1. The van der Waals surface area contributed by atoms with Gasteiger partial charge in [-0.2, -0.15) is 0 Å². The van der Waals surface area contributed by atoms with Gasteiger partial charge in [-0.1, -0.05) is 53.7 Å². The second-order valence-corrected chi connectivity index (χ2v) is 6.21. The van der Waals surface area contributed by atoms with Crippen molar-refractivity contribution in [3.8, 4) is 11.5 Å². The van der Waals surface area contributed by atoms with E-state index in [1.807, 2.05) is 30.3 Å². The van der Waals surface area contributed by atoms with Crippen LogP contribution in [0.15, 0.2) is 52.4 Å². The van der Waals surface area contributed by atoms with Crippen LogP contribution in [0, 0.1) is 0 Å². The zero-order valence-corrected chi connectivity index (χ0v) is 13.7. The Bertz CT molecular complexity index is 831. The van der Waals surface area contributed by atoms with Gasteiger partial charge >= 0.3 is 0 Å². The molecular weight excluding hydrogens is 334 g/mol. The van der Waals surface area contributed by atoms with E-state index < -0.39 is 0 Å². The van der Waals surface area contributed by atoms with Gasteiger partial charge in [-0.15, -0.1) is 0 Å². The SMILES string of the molecule is COc1cc(Cl)cc(C=C2SC(c3ccccc3)=NC2=O)c1O. The third-order valence-electron chi connectivity index (χ3n) is 3.22. The number of carbonyl (C=O) groups excluding carboxylic acids is 1. The first-order valence-corrected chi connectivity index (χ1v) is 7.92. The standard InChI is InChI=1S/C17H12ClNO3S/c1-22-13-9-12(18)7-11(15(13)20)8-14-16(21)19-17(23-14)10-5-3-2-4-6-10/h2-9,20H,1H3. The van der Waals surface area contributed by atoms with Crippen molar-refractivity contribution < 1.29 is 14.6 Å². The molecule has 4 nitrogen and oxygen atoms in total. The van der Waals surface area contributed by atoms with Crippen molar-refractivity contribution in [2.75, 3.05) is 7.11 Å². The lowest BCUT2D eigenvalue weighted by Crippen LogP contribution is -1.90. The smallest absolute Gasteiger partial charge is 0.284 e. The van der Waals surface area contributed by atoms with Crippen molar-refractivity contribution in [2.45, 2.75) is 0 Å². The summed E-state index contributed by atoms with van der Waals surface area (Å²) in [6, 6.07) is 12.5. The molecule has 1 heterocycles. The Morgan fingerprint density at radius 2 is 2.00 bits per heavy atom. The van der Waals surface area contributed by atoms with E-state index in [0.29, 0.717) is 20.5 Å². The monoisotopic (exact) mass is 345 g/mol. The van der Waals surface area contributed by atoms with Gasteiger partial charge in [0.1, 0.15) is 5.04 Å². The molecule has 0 saturated heterocycles. The quantitative estimate of drug-likeness (QED) is 0.850. The van der Waals surface area contributed by atoms with Crippen LogP contribution >= 0.6 is 23.4 Å². The number of aromatic hydroxyl groups is 1. The summed E-state index contributed by atoms with van der Waals surface area (Å²) in [6.45, 7) is 0. The third kappa shape index (κ3) is 3.25. The molecule has 23 heavy (non-hydrogen) atoms. The molecule has 0 aromatic heterocycles. The second-order valence-electron chi connectivity index (χ2n) is 4.74. The maximum Gasteiger partial charge on any atom is 0.284 e. The van der Waals surface area contributed by atoms with E-state index in [4.69, 9.17) is 16.3 Å². The topological polar surface area (TPSA) is 58.9 Å². The van der Waals surface area contributed by atoms with Gasteiger partial charge in [0.05, 0.1) is 12.0 Å². The number of methoxy groups -OCH3 is 1. The average Bonchev–Trinajstić information content (AvgIpc) is 2.92. The van der Waals surface area contributed by atoms with Crippen LogP contribution in [0.5, 0.6) is 11.5 Å². The van der Waals surface area contributed by atoms with Crippen LogP contribution < -0.4 is 4.74 Å². The third-order valence-corrected chi connectivity index (χ3v) is 4.47. The predicted octanol–water partition coefficient (Wildman–Crippen LogP) is 4.12. The Kier molecular flexibility index (Phi) is 4.41. The Morgan fingerprint density at radius 3 is 2.70 bits per heavy atom. The van der Waals surface area contributed by atoms with Crippen LogP contribution in [0.25, 0.3) is 6.08 Å². The van der Waals surface area contributed by atoms with E-state index in [2.05, 4.69) is 4.99 Å². The predicted molar refractivity (Wildman–Crippen MR) is 93.2 cm³/mol. The summed E-state index contributed by atoms with van der Waals surface area (Å²) in [6.07, 6.45) is 1.57. The maximum atomic E-state index is 12.1. The van der Waals surface area contributed by atoms with Gasteiger partial charge in [0.25, 0.3) is 5.91 Å². The van der Waals surface area contributed by atoms with Crippen molar-refractivity contribution in [3.63, 3.8) is 0 Å². The number of hydrogen-bond acceptors (Lipinski definition) is 4. The summed E-state index contributed by atoms with van der Waals surface area (Å²) in [4.78, 5) is 16.6. The van der Waals surface area contributed by atoms with Crippen molar-refractivity contribution in [3.05, 3.63) is 63.5 Å². The highest BCUT2D eigenvalue weighted by Gasteiger charge is 2.23. The Balaban J connectivity index is 1.94. The largest absolute Gasteiger partial charge is 0.504 e. The van der Waals surface area contributed by atoms with E-state index in [0.717, 1.165) is 5.56 Å². The van der Waals surface area contributed by atoms with Crippen molar-refractivity contribution >= 4 is 40.4 Å². The molecule has 1 aliphatic rings. The molecule has 116 valence electrons. The van der Waals surface area contributed by atoms with Gasteiger partial charge in [0.2, 0.25) is 0 Å². The molecule has 0 atom stereocenters. The van der Waals surface area contributed by atoms with Gasteiger partial charge in [0, 0.05) is 22.2 Å². The van der Waals surface area contributed by atoms with Crippen molar-refractivity contribution in [1.29, 1.82) is 0 Å². The number of aliphatic imine (C=N–C) groups is 1. The molecule has 1 aliphatic heterocycles. The number of phenols is 1. The maximum absolute atomic E-state index is 12.1. The minimum Gasteiger partial charge on any atom is -0.504 e. The molecule has 0 aliphatic carbocycles. The first-order chi connectivity index (χ1) is 11.1. The van der Waals surface area contributed by atoms with E-state index in [1.165, 1.54) is 24.9 Å². The molecule has 3 rings (SSSR count). The number of carbonyl (C=O) groups is 1. The Hall–Kier alpha value is -2.24.